The summed E-state index contributed by atoms with van der Waals surface area (Å²) in [7, 11) is 0. The molecule has 0 spiro atoms. The molecule has 14 heavy (non-hydrogen) atoms. The lowest BCUT2D eigenvalue weighted by Crippen LogP contribution is -2.65. The molecule has 0 aromatic rings. The SMILES string of the molecule is CC#C[C@H]1N[C@H](CO)[C@@H](O)[C@H](O)[C@H]1O. The maximum absolute atomic E-state index is 9.50. The van der Waals surface area contributed by atoms with Crippen LogP contribution in [-0.2, 0) is 0 Å². The average molecular weight is 201 g/mol. The van der Waals surface area contributed by atoms with Gasteiger partial charge in [0.1, 0.15) is 18.3 Å². The number of piperidine rings is 1. The van der Waals surface area contributed by atoms with Crippen molar-refractivity contribution in [2.45, 2.75) is 37.3 Å². The normalized spacial score (nSPS) is 42.8. The Labute approximate surface area is 82.4 Å². The third-order valence-corrected chi connectivity index (χ3v) is 2.34. The smallest absolute Gasteiger partial charge is 0.110 e. The number of hydrogen-bond acceptors (Lipinski definition) is 5. The zero-order chi connectivity index (χ0) is 10.7. The number of aliphatic hydroxyl groups is 4. The molecule has 0 amide bonds. The van der Waals surface area contributed by atoms with E-state index in [4.69, 9.17) is 5.11 Å². The Kier molecular flexibility index (Phi) is 3.86. The van der Waals surface area contributed by atoms with Crippen molar-refractivity contribution in [2.24, 2.45) is 0 Å². The van der Waals surface area contributed by atoms with Gasteiger partial charge in [0.25, 0.3) is 0 Å². The highest BCUT2D eigenvalue weighted by Gasteiger charge is 2.41. The average Bonchev–Trinajstić information content (AvgIpc) is 2.19. The molecular weight excluding hydrogens is 186 g/mol. The highest BCUT2D eigenvalue weighted by Crippen LogP contribution is 2.14. The summed E-state index contributed by atoms with van der Waals surface area (Å²) in [6, 6.07) is -1.27. The van der Waals surface area contributed by atoms with Crippen LogP contribution in [0.1, 0.15) is 6.92 Å². The first kappa shape index (κ1) is 11.4. The van der Waals surface area contributed by atoms with E-state index in [1.807, 2.05) is 0 Å². The van der Waals surface area contributed by atoms with Crippen LogP contribution < -0.4 is 5.32 Å². The Bertz CT molecular complexity index is 245. The van der Waals surface area contributed by atoms with Gasteiger partial charge in [0.05, 0.1) is 18.7 Å². The number of nitrogens with one attached hydrogen (secondary N) is 1. The fourth-order valence-corrected chi connectivity index (χ4v) is 1.51. The molecule has 1 fully saturated rings. The zero-order valence-corrected chi connectivity index (χ0v) is 7.88. The van der Waals surface area contributed by atoms with Gasteiger partial charge in [-0.2, -0.15) is 0 Å². The van der Waals surface area contributed by atoms with E-state index in [1.54, 1.807) is 6.92 Å². The lowest BCUT2D eigenvalue weighted by atomic mass is 9.91. The summed E-state index contributed by atoms with van der Waals surface area (Å²) < 4.78 is 0. The highest BCUT2D eigenvalue weighted by molar-refractivity contribution is 5.14. The molecule has 5 nitrogen and oxygen atoms in total. The first-order valence-electron chi connectivity index (χ1n) is 4.45. The van der Waals surface area contributed by atoms with Crippen LogP contribution in [0.5, 0.6) is 0 Å². The highest BCUT2D eigenvalue weighted by atomic mass is 16.4. The van der Waals surface area contributed by atoms with Gasteiger partial charge in [0, 0.05) is 0 Å². The molecule has 80 valence electrons. The van der Waals surface area contributed by atoms with Gasteiger partial charge in [0.2, 0.25) is 0 Å². The van der Waals surface area contributed by atoms with Gasteiger partial charge in [-0.1, -0.05) is 5.92 Å². The van der Waals surface area contributed by atoms with Crippen molar-refractivity contribution in [1.29, 1.82) is 0 Å². The minimum absolute atomic E-state index is 0.313. The second kappa shape index (κ2) is 4.73. The molecule has 1 saturated heterocycles. The predicted octanol–water partition coefficient (Wildman–Crippen LogP) is -2.57. The number of rotatable bonds is 1. The molecule has 0 radical (unpaired) electrons. The van der Waals surface area contributed by atoms with E-state index in [1.165, 1.54) is 0 Å². The Morgan fingerprint density at radius 2 is 1.79 bits per heavy atom. The summed E-state index contributed by atoms with van der Waals surface area (Å²) >= 11 is 0. The van der Waals surface area contributed by atoms with Crippen LogP contribution >= 0.6 is 0 Å². The molecule has 5 N–H and O–H groups in total. The van der Waals surface area contributed by atoms with Crippen LogP contribution in [0.25, 0.3) is 0 Å². The molecule has 1 aliphatic rings. The summed E-state index contributed by atoms with van der Waals surface area (Å²) in [6.45, 7) is 1.30. The second-order valence-electron chi connectivity index (χ2n) is 3.30. The fourth-order valence-electron chi connectivity index (χ4n) is 1.51. The Morgan fingerprint density at radius 1 is 1.14 bits per heavy atom. The summed E-state index contributed by atoms with van der Waals surface area (Å²) in [5.74, 6) is 5.26. The molecule has 0 aromatic heterocycles. The van der Waals surface area contributed by atoms with Crippen molar-refractivity contribution < 1.29 is 20.4 Å². The predicted molar refractivity (Wildman–Crippen MR) is 49.3 cm³/mol. The summed E-state index contributed by atoms with van der Waals surface area (Å²) in [4.78, 5) is 0. The van der Waals surface area contributed by atoms with E-state index in [9.17, 15) is 15.3 Å². The number of aliphatic hydroxyl groups excluding tert-OH is 4. The molecule has 1 aliphatic heterocycles. The molecule has 1 heterocycles. The van der Waals surface area contributed by atoms with Gasteiger partial charge in [-0.15, -0.1) is 5.92 Å². The Morgan fingerprint density at radius 3 is 2.29 bits per heavy atom. The van der Waals surface area contributed by atoms with Crippen molar-refractivity contribution >= 4 is 0 Å². The topological polar surface area (TPSA) is 93.0 Å². The van der Waals surface area contributed by atoms with Gasteiger partial charge >= 0.3 is 0 Å². The van der Waals surface area contributed by atoms with E-state index in [0.717, 1.165) is 0 Å². The van der Waals surface area contributed by atoms with E-state index >= 15 is 0 Å². The molecule has 0 unspecified atom stereocenters. The first-order chi connectivity index (χ1) is 6.61. The van der Waals surface area contributed by atoms with Gasteiger partial charge in [-0.05, 0) is 6.92 Å². The molecule has 5 heteroatoms. The lowest BCUT2D eigenvalue weighted by Gasteiger charge is -2.38. The summed E-state index contributed by atoms with van der Waals surface area (Å²) in [6.07, 6.45) is -3.59. The molecule has 5 atom stereocenters. The van der Waals surface area contributed by atoms with Crippen molar-refractivity contribution in [3.8, 4) is 11.8 Å². The number of hydrogen-bond donors (Lipinski definition) is 5. The molecule has 0 aromatic carbocycles. The maximum atomic E-state index is 9.50. The third-order valence-electron chi connectivity index (χ3n) is 2.34. The van der Waals surface area contributed by atoms with E-state index in [-0.39, 0.29) is 6.61 Å². The lowest BCUT2D eigenvalue weighted by molar-refractivity contribution is -0.111. The minimum Gasteiger partial charge on any atom is -0.395 e. The molecule has 0 saturated carbocycles. The van der Waals surface area contributed by atoms with Crippen LogP contribution in [0.15, 0.2) is 0 Å². The van der Waals surface area contributed by atoms with Gasteiger partial charge in [-0.25, -0.2) is 0 Å². The van der Waals surface area contributed by atoms with E-state index in [2.05, 4.69) is 17.2 Å². The zero-order valence-electron chi connectivity index (χ0n) is 7.88. The van der Waals surface area contributed by atoms with Crippen LogP contribution in [-0.4, -0.2) is 57.4 Å². The molecular formula is C9H15NO4. The van der Waals surface area contributed by atoms with Gasteiger partial charge < -0.3 is 20.4 Å². The van der Waals surface area contributed by atoms with E-state index in [0.29, 0.717) is 0 Å². The van der Waals surface area contributed by atoms with Crippen LogP contribution in [0.4, 0.5) is 0 Å². The van der Waals surface area contributed by atoms with Crippen LogP contribution in [0.2, 0.25) is 0 Å². The second-order valence-corrected chi connectivity index (χ2v) is 3.30. The van der Waals surface area contributed by atoms with Crippen LogP contribution in [0.3, 0.4) is 0 Å². The largest absolute Gasteiger partial charge is 0.395 e. The molecule has 1 rings (SSSR count). The van der Waals surface area contributed by atoms with Crippen molar-refractivity contribution in [1.82, 2.24) is 5.32 Å². The van der Waals surface area contributed by atoms with Crippen LogP contribution in [0, 0.1) is 11.8 Å². The monoisotopic (exact) mass is 201 g/mol. The molecule has 0 aliphatic carbocycles. The summed E-state index contributed by atoms with van der Waals surface area (Å²) in [5.41, 5.74) is 0. The minimum atomic E-state index is -1.28. The standard InChI is InChI=1S/C9H15NO4/c1-2-3-5-7(12)9(14)8(13)6(4-11)10-5/h5-14H,4H2,1H3/t5-,6-,7+,8-,9-/m1/s1. The Hall–Kier alpha value is -0.640. The Balaban J connectivity index is 2.76. The fraction of sp³-hybridized carbons (Fsp3) is 0.778. The summed E-state index contributed by atoms with van der Waals surface area (Å²) in [5, 5.41) is 40.0. The van der Waals surface area contributed by atoms with Crippen molar-refractivity contribution in [3.63, 3.8) is 0 Å². The van der Waals surface area contributed by atoms with Gasteiger partial charge in [-0.3, -0.25) is 5.32 Å². The van der Waals surface area contributed by atoms with Crippen molar-refractivity contribution in [3.05, 3.63) is 0 Å². The van der Waals surface area contributed by atoms with E-state index < -0.39 is 30.4 Å². The van der Waals surface area contributed by atoms with Gasteiger partial charge in [0.15, 0.2) is 0 Å². The van der Waals surface area contributed by atoms with Crippen molar-refractivity contribution in [2.75, 3.05) is 6.61 Å². The maximum Gasteiger partial charge on any atom is 0.110 e. The third kappa shape index (κ3) is 2.05. The quantitative estimate of drug-likeness (QED) is 0.301. The first-order valence-corrected chi connectivity index (χ1v) is 4.45. The molecule has 0 bridgehead atoms.